The number of likely N-dealkylation sites (N-methyl/N-ethyl adjacent to an activating group) is 1. The molecule has 2 aliphatic heterocycles. The Morgan fingerprint density at radius 3 is 1.81 bits per heavy atom. The van der Waals surface area contributed by atoms with Crippen molar-refractivity contribution in [2.75, 3.05) is 34.0 Å². The van der Waals surface area contributed by atoms with Crippen LogP contribution in [0, 0.1) is 0 Å². The van der Waals surface area contributed by atoms with E-state index < -0.39 is 42.4 Å². The monoisotopic (exact) mass is 475 g/mol. The fraction of sp³-hybridized carbons (Fsp3) is 0.824. The molecule has 2 saturated heterocycles. The predicted octanol–water partition coefficient (Wildman–Crippen LogP) is -2.05. The van der Waals surface area contributed by atoms with Crippen molar-refractivity contribution < 1.29 is 48.3 Å². The number of carbonyl (C=O) groups is 3. The van der Waals surface area contributed by atoms with Gasteiger partial charge in [-0.2, -0.15) is 0 Å². The van der Waals surface area contributed by atoms with Gasteiger partial charge in [-0.05, 0) is 27.7 Å². The van der Waals surface area contributed by atoms with Gasteiger partial charge in [0.2, 0.25) is 0 Å². The number of nitrogens with one attached hydrogen (secondary N) is 2. The molecule has 13 nitrogen and oxygen atoms in total. The van der Waals surface area contributed by atoms with Crippen molar-refractivity contribution in [1.82, 2.24) is 10.7 Å². The summed E-state index contributed by atoms with van der Waals surface area (Å²) in [4.78, 5) is 32.0. The lowest BCUT2D eigenvalue weighted by Gasteiger charge is -2.16. The normalized spacial score (nSPS) is 23.5. The zero-order valence-corrected chi connectivity index (χ0v) is 19.3. The molecule has 0 radical (unpaired) electrons. The zero-order chi connectivity index (χ0) is 23.5. The topological polar surface area (TPSA) is 188 Å². The van der Waals surface area contributed by atoms with Crippen LogP contribution >= 0.6 is 12.4 Å². The Kier molecular flexibility index (Phi) is 14.8. The summed E-state index contributed by atoms with van der Waals surface area (Å²) in [5.41, 5.74) is 1.67. The third-order valence-electron chi connectivity index (χ3n) is 3.64. The molecule has 0 saturated carbocycles. The average Bonchev–Trinajstić information content (AvgIpc) is 3.27. The maximum atomic E-state index is 11.0. The summed E-state index contributed by atoms with van der Waals surface area (Å²) in [6, 6.07) is 0. The van der Waals surface area contributed by atoms with E-state index >= 15 is 0 Å². The number of methoxy groups -OCH3 is 1. The molecule has 184 valence electrons. The highest BCUT2D eigenvalue weighted by molar-refractivity contribution is 5.85. The van der Waals surface area contributed by atoms with Gasteiger partial charge in [-0.3, -0.25) is 15.0 Å². The van der Waals surface area contributed by atoms with Crippen LogP contribution in [0.1, 0.15) is 27.7 Å². The van der Waals surface area contributed by atoms with E-state index in [1.807, 2.05) is 0 Å². The molecule has 0 unspecified atom stereocenters. The van der Waals surface area contributed by atoms with Gasteiger partial charge in [0.15, 0.2) is 29.9 Å². The number of hydrogen-bond donors (Lipinski definition) is 5. The number of hydrazine groups is 1. The number of aliphatic hydroxyl groups excluding tert-OH is 2. The molecule has 3 atom stereocenters. The van der Waals surface area contributed by atoms with Gasteiger partial charge in [0.1, 0.15) is 0 Å². The van der Waals surface area contributed by atoms with Crippen LogP contribution in [-0.2, 0) is 38.1 Å². The Labute approximate surface area is 187 Å². The summed E-state index contributed by atoms with van der Waals surface area (Å²) in [7, 11) is 2.91. The first-order valence-corrected chi connectivity index (χ1v) is 9.04. The standard InChI is InChI=1S/C7H13NO3.C7H12O4.C3H8N2O3.ClH/c1-7(2)10-4-5(11-7)6(9)8-3;1-7(2)10-4-5(11-7)6(8)9-3;4-5-3(8)2(7)1-6;/h5H,4H2,1-3H3,(H,8,9);5H,4H2,1-3H3;2,6-7H,1,4H2,(H,5,8);1H/t2*5-;2-;/m111./s1. The Morgan fingerprint density at radius 2 is 1.55 bits per heavy atom. The predicted molar refractivity (Wildman–Crippen MR) is 109 cm³/mol. The molecular formula is C17H34ClN3O10. The molecule has 2 aliphatic rings. The van der Waals surface area contributed by atoms with Gasteiger partial charge >= 0.3 is 5.97 Å². The second-order valence-electron chi connectivity index (χ2n) is 6.98. The van der Waals surface area contributed by atoms with Gasteiger partial charge in [0.25, 0.3) is 11.8 Å². The van der Waals surface area contributed by atoms with Gasteiger partial charge in [0, 0.05) is 7.05 Å². The van der Waals surface area contributed by atoms with Crippen LogP contribution in [0.2, 0.25) is 0 Å². The van der Waals surface area contributed by atoms with Crippen LogP contribution in [0.4, 0.5) is 0 Å². The minimum atomic E-state index is -1.40. The van der Waals surface area contributed by atoms with Crippen molar-refractivity contribution in [2.24, 2.45) is 5.84 Å². The number of amides is 2. The fourth-order valence-electron chi connectivity index (χ4n) is 2.09. The molecule has 0 aromatic rings. The summed E-state index contributed by atoms with van der Waals surface area (Å²) in [5.74, 6) is 2.02. The highest BCUT2D eigenvalue weighted by Crippen LogP contribution is 2.23. The molecule has 2 fully saturated rings. The van der Waals surface area contributed by atoms with Crippen molar-refractivity contribution in [1.29, 1.82) is 0 Å². The first-order chi connectivity index (χ1) is 13.8. The van der Waals surface area contributed by atoms with Crippen LogP contribution in [-0.4, -0.2) is 91.9 Å². The third-order valence-corrected chi connectivity index (χ3v) is 3.64. The second-order valence-corrected chi connectivity index (χ2v) is 6.98. The maximum Gasteiger partial charge on any atom is 0.337 e. The van der Waals surface area contributed by atoms with E-state index in [4.69, 9.17) is 29.2 Å². The van der Waals surface area contributed by atoms with Crippen molar-refractivity contribution >= 4 is 30.2 Å². The molecule has 14 heteroatoms. The summed E-state index contributed by atoms with van der Waals surface area (Å²) >= 11 is 0. The zero-order valence-electron chi connectivity index (χ0n) is 18.5. The largest absolute Gasteiger partial charge is 0.467 e. The number of halogens is 1. The average molecular weight is 476 g/mol. The fourth-order valence-corrected chi connectivity index (χ4v) is 2.09. The molecule has 2 heterocycles. The Bertz CT molecular complexity index is 538. The van der Waals surface area contributed by atoms with Gasteiger partial charge in [-0.15, -0.1) is 12.4 Å². The second kappa shape index (κ2) is 14.5. The highest BCUT2D eigenvalue weighted by Gasteiger charge is 2.37. The van der Waals surface area contributed by atoms with Crippen molar-refractivity contribution in [2.45, 2.75) is 57.6 Å². The first kappa shape index (κ1) is 31.6. The lowest BCUT2D eigenvalue weighted by atomic mass is 10.3. The molecule has 2 amide bonds. The molecule has 0 aromatic carbocycles. The van der Waals surface area contributed by atoms with Crippen LogP contribution in [0.25, 0.3) is 0 Å². The molecule has 0 aromatic heterocycles. The van der Waals surface area contributed by atoms with Gasteiger partial charge in [-0.25, -0.2) is 10.6 Å². The lowest BCUT2D eigenvalue weighted by molar-refractivity contribution is -0.167. The Balaban J connectivity index is 0. The number of rotatable bonds is 4. The summed E-state index contributed by atoms with van der Waals surface area (Å²) in [6.07, 6.45) is -2.41. The van der Waals surface area contributed by atoms with Crippen LogP contribution in [0.3, 0.4) is 0 Å². The molecule has 2 rings (SSSR count). The summed E-state index contributed by atoms with van der Waals surface area (Å²) in [5, 5.41) is 19.0. The number of carbonyl (C=O) groups excluding carboxylic acids is 3. The van der Waals surface area contributed by atoms with Crippen molar-refractivity contribution in [3.05, 3.63) is 0 Å². The van der Waals surface area contributed by atoms with E-state index in [1.54, 1.807) is 40.2 Å². The molecule has 0 aliphatic carbocycles. The quantitative estimate of drug-likeness (QED) is 0.130. The minimum Gasteiger partial charge on any atom is -0.467 e. The van der Waals surface area contributed by atoms with E-state index in [0.717, 1.165) is 0 Å². The van der Waals surface area contributed by atoms with E-state index in [1.165, 1.54) is 7.11 Å². The number of ether oxygens (including phenoxy) is 5. The third kappa shape index (κ3) is 12.1. The number of esters is 1. The summed E-state index contributed by atoms with van der Waals surface area (Å²) in [6.45, 7) is 7.10. The van der Waals surface area contributed by atoms with E-state index in [9.17, 15) is 14.4 Å². The van der Waals surface area contributed by atoms with Crippen LogP contribution < -0.4 is 16.6 Å². The summed E-state index contributed by atoms with van der Waals surface area (Å²) < 4.78 is 25.3. The SMILES string of the molecule is CNC(=O)[C@H]1COC(C)(C)O1.COC(=O)[C@H]1COC(C)(C)O1.Cl.NNC(=O)[C@H](O)CO. The van der Waals surface area contributed by atoms with Gasteiger partial charge < -0.3 is 39.2 Å². The molecular weight excluding hydrogens is 442 g/mol. The number of aliphatic hydroxyl groups is 2. The Hall–Kier alpha value is -1.58. The van der Waals surface area contributed by atoms with Gasteiger partial charge in [0.05, 0.1) is 26.9 Å². The molecule has 31 heavy (non-hydrogen) atoms. The molecule has 0 bridgehead atoms. The van der Waals surface area contributed by atoms with Crippen LogP contribution in [0.5, 0.6) is 0 Å². The Morgan fingerprint density at radius 1 is 1.10 bits per heavy atom. The molecule has 6 N–H and O–H groups in total. The maximum absolute atomic E-state index is 11.0. The number of hydrogen-bond acceptors (Lipinski definition) is 11. The lowest BCUT2D eigenvalue weighted by Crippen LogP contribution is -2.40. The molecule has 0 spiro atoms. The van der Waals surface area contributed by atoms with Crippen LogP contribution in [0.15, 0.2) is 0 Å². The number of nitrogens with two attached hydrogens (primary N) is 1. The highest BCUT2D eigenvalue weighted by atomic mass is 35.5. The van der Waals surface area contributed by atoms with Crippen molar-refractivity contribution in [3.8, 4) is 0 Å². The van der Waals surface area contributed by atoms with Gasteiger partial charge in [-0.1, -0.05) is 0 Å². The minimum absolute atomic E-state index is 0. The van der Waals surface area contributed by atoms with Crippen molar-refractivity contribution in [3.63, 3.8) is 0 Å². The van der Waals surface area contributed by atoms with E-state index in [0.29, 0.717) is 6.61 Å². The first-order valence-electron chi connectivity index (χ1n) is 9.04. The van der Waals surface area contributed by atoms with E-state index in [-0.39, 0.29) is 30.9 Å². The smallest absolute Gasteiger partial charge is 0.337 e. The van der Waals surface area contributed by atoms with E-state index in [2.05, 4.69) is 15.9 Å².